The summed E-state index contributed by atoms with van der Waals surface area (Å²) in [6.07, 6.45) is 0.307. The summed E-state index contributed by atoms with van der Waals surface area (Å²) in [6, 6.07) is 3.79. The summed E-state index contributed by atoms with van der Waals surface area (Å²) in [6.45, 7) is 1.48. The molecule has 8 nitrogen and oxygen atoms in total. The van der Waals surface area contributed by atoms with E-state index in [-0.39, 0.29) is 42.5 Å². The number of hydrogen-bond acceptors (Lipinski definition) is 6. The van der Waals surface area contributed by atoms with Gasteiger partial charge in [0, 0.05) is 19.5 Å². The van der Waals surface area contributed by atoms with Crippen LogP contribution in [-0.4, -0.2) is 53.8 Å². The summed E-state index contributed by atoms with van der Waals surface area (Å²) < 4.78 is 5.71. The minimum atomic E-state index is -0.949. The van der Waals surface area contributed by atoms with Crippen molar-refractivity contribution in [3.05, 3.63) is 29.3 Å². The molecular formula is C16H16ClN3O5. The Morgan fingerprint density at radius 2 is 1.76 bits per heavy atom. The molecule has 1 atom stereocenters. The van der Waals surface area contributed by atoms with Crippen molar-refractivity contribution in [2.24, 2.45) is 0 Å². The number of benzene rings is 1. The highest BCUT2D eigenvalue weighted by Gasteiger charge is 2.44. The first-order valence-electron chi connectivity index (χ1n) is 7.77. The van der Waals surface area contributed by atoms with Crippen molar-refractivity contribution in [2.75, 3.05) is 13.1 Å². The van der Waals surface area contributed by atoms with Gasteiger partial charge in [-0.25, -0.2) is 0 Å². The van der Waals surface area contributed by atoms with Gasteiger partial charge in [-0.1, -0.05) is 0 Å². The third-order valence-corrected chi connectivity index (χ3v) is 4.46. The second-order valence-corrected chi connectivity index (χ2v) is 6.05. The highest BCUT2D eigenvalue weighted by atomic mass is 35.5. The van der Waals surface area contributed by atoms with E-state index >= 15 is 0 Å². The first kappa shape index (κ1) is 17.4. The molecule has 2 fully saturated rings. The summed E-state index contributed by atoms with van der Waals surface area (Å²) in [5.74, 6) is -1.52. The zero-order chi connectivity index (χ0) is 16.8. The molecule has 0 radical (unpaired) electrons. The maximum absolute atomic E-state index is 12.6. The van der Waals surface area contributed by atoms with Gasteiger partial charge in [-0.3, -0.25) is 29.4 Å². The maximum Gasteiger partial charge on any atom is 0.262 e. The van der Waals surface area contributed by atoms with E-state index in [1.165, 1.54) is 0 Å². The molecule has 3 heterocycles. The second kappa shape index (κ2) is 6.45. The van der Waals surface area contributed by atoms with Crippen molar-refractivity contribution in [1.82, 2.24) is 15.5 Å². The number of carbonyl (C=O) groups is 4. The number of nitrogens with zero attached hydrogens (tertiary/aromatic N) is 1. The number of halogens is 1. The predicted octanol–water partition coefficient (Wildman–Crippen LogP) is -0.140. The molecule has 3 aliphatic heterocycles. The normalized spacial score (nSPS) is 22.9. The van der Waals surface area contributed by atoms with E-state index in [4.69, 9.17) is 4.74 Å². The van der Waals surface area contributed by atoms with Crippen LogP contribution in [0.1, 0.15) is 33.6 Å². The number of ether oxygens (including phenoxy) is 1. The van der Waals surface area contributed by atoms with Crippen LogP contribution < -0.4 is 15.4 Å². The van der Waals surface area contributed by atoms with Crippen molar-refractivity contribution < 1.29 is 23.9 Å². The largest absolute Gasteiger partial charge is 0.488 e. The highest BCUT2D eigenvalue weighted by molar-refractivity contribution is 6.23. The lowest BCUT2D eigenvalue weighted by atomic mass is 10.0. The van der Waals surface area contributed by atoms with Gasteiger partial charge in [-0.2, -0.15) is 0 Å². The van der Waals surface area contributed by atoms with Crippen LogP contribution in [0.25, 0.3) is 0 Å². The fraction of sp³-hybridized carbons (Fsp3) is 0.375. The number of carbonyl (C=O) groups excluding carboxylic acids is 4. The Morgan fingerprint density at radius 1 is 1.04 bits per heavy atom. The predicted molar refractivity (Wildman–Crippen MR) is 87.6 cm³/mol. The van der Waals surface area contributed by atoms with Gasteiger partial charge in [-0.05, 0) is 24.6 Å². The van der Waals surface area contributed by atoms with Crippen molar-refractivity contribution in [1.29, 1.82) is 0 Å². The lowest BCUT2D eigenvalue weighted by Gasteiger charge is -2.28. The first-order valence-corrected chi connectivity index (χ1v) is 7.77. The van der Waals surface area contributed by atoms with E-state index in [0.29, 0.717) is 5.75 Å². The minimum absolute atomic E-state index is 0. The van der Waals surface area contributed by atoms with Gasteiger partial charge in [-0.15, -0.1) is 12.4 Å². The molecule has 0 saturated carbocycles. The van der Waals surface area contributed by atoms with Crippen LogP contribution in [0.3, 0.4) is 0 Å². The van der Waals surface area contributed by atoms with E-state index in [1.807, 2.05) is 0 Å². The lowest BCUT2D eigenvalue weighted by Crippen LogP contribution is -2.54. The summed E-state index contributed by atoms with van der Waals surface area (Å²) in [5.41, 5.74) is 0.485. The minimum Gasteiger partial charge on any atom is -0.488 e. The van der Waals surface area contributed by atoms with Crippen molar-refractivity contribution in [3.63, 3.8) is 0 Å². The SMILES string of the molecule is Cl.O=C1CCC(N2C(=O)c3ccc(OC4CNC4)cc3C2=O)C(=O)N1. The molecule has 4 amide bonds. The number of rotatable bonds is 3. The number of imide groups is 2. The molecule has 3 aliphatic rings. The Morgan fingerprint density at radius 3 is 2.40 bits per heavy atom. The molecule has 0 aliphatic carbocycles. The molecule has 25 heavy (non-hydrogen) atoms. The van der Waals surface area contributed by atoms with E-state index in [1.54, 1.807) is 18.2 Å². The van der Waals surface area contributed by atoms with E-state index in [2.05, 4.69) is 10.6 Å². The smallest absolute Gasteiger partial charge is 0.262 e. The second-order valence-electron chi connectivity index (χ2n) is 6.05. The van der Waals surface area contributed by atoms with Gasteiger partial charge in [0.1, 0.15) is 17.9 Å². The van der Waals surface area contributed by atoms with E-state index in [9.17, 15) is 19.2 Å². The number of amides is 4. The summed E-state index contributed by atoms with van der Waals surface area (Å²) >= 11 is 0. The van der Waals surface area contributed by atoms with Crippen LogP contribution in [-0.2, 0) is 9.59 Å². The first-order chi connectivity index (χ1) is 11.5. The monoisotopic (exact) mass is 365 g/mol. The van der Waals surface area contributed by atoms with Gasteiger partial charge in [0.05, 0.1) is 11.1 Å². The fourth-order valence-corrected chi connectivity index (χ4v) is 3.06. The molecule has 2 N–H and O–H groups in total. The van der Waals surface area contributed by atoms with E-state index < -0.39 is 29.7 Å². The third-order valence-electron chi connectivity index (χ3n) is 4.46. The fourth-order valence-electron chi connectivity index (χ4n) is 3.06. The molecule has 0 bridgehead atoms. The molecule has 2 saturated heterocycles. The van der Waals surface area contributed by atoms with Crippen LogP contribution >= 0.6 is 12.4 Å². The molecule has 1 unspecified atom stereocenters. The summed E-state index contributed by atoms with van der Waals surface area (Å²) in [5, 5.41) is 5.25. The highest BCUT2D eigenvalue weighted by Crippen LogP contribution is 2.30. The number of fused-ring (bicyclic) bond motifs is 1. The topological polar surface area (TPSA) is 105 Å². The Balaban J connectivity index is 0.00000182. The lowest BCUT2D eigenvalue weighted by molar-refractivity contribution is -0.136. The molecule has 0 aromatic heterocycles. The van der Waals surface area contributed by atoms with Crippen LogP contribution in [0.5, 0.6) is 5.75 Å². The van der Waals surface area contributed by atoms with Gasteiger partial charge in [0.25, 0.3) is 11.8 Å². The molecule has 132 valence electrons. The average Bonchev–Trinajstić information content (AvgIpc) is 2.75. The van der Waals surface area contributed by atoms with Crippen LogP contribution in [0.2, 0.25) is 0 Å². The molecule has 1 aromatic carbocycles. The molecular weight excluding hydrogens is 350 g/mol. The van der Waals surface area contributed by atoms with Gasteiger partial charge in [0.15, 0.2) is 0 Å². The number of hydrogen-bond donors (Lipinski definition) is 2. The van der Waals surface area contributed by atoms with Crippen molar-refractivity contribution in [3.8, 4) is 5.75 Å². The third kappa shape index (κ3) is 2.87. The Kier molecular flexibility index (Phi) is 4.49. The van der Waals surface area contributed by atoms with Crippen LogP contribution in [0, 0.1) is 0 Å². The van der Waals surface area contributed by atoms with Gasteiger partial charge >= 0.3 is 0 Å². The molecule has 1 aromatic rings. The quantitative estimate of drug-likeness (QED) is 0.722. The number of nitrogens with one attached hydrogen (secondary N) is 2. The van der Waals surface area contributed by atoms with Crippen LogP contribution in [0.15, 0.2) is 18.2 Å². The van der Waals surface area contributed by atoms with Crippen molar-refractivity contribution >= 4 is 36.0 Å². The van der Waals surface area contributed by atoms with Crippen LogP contribution in [0.4, 0.5) is 0 Å². The standard InChI is InChI=1S/C16H15N3O5.ClH/c20-13-4-3-12(14(21)18-13)19-15(22)10-2-1-8(5-11(10)16(19)23)24-9-6-17-7-9;/h1-2,5,9,12,17H,3-4,6-7H2,(H,18,20,21);1H. The van der Waals surface area contributed by atoms with Gasteiger partial charge < -0.3 is 10.1 Å². The average molecular weight is 366 g/mol. The Labute approximate surface area is 149 Å². The molecule has 0 spiro atoms. The number of piperidine rings is 1. The van der Waals surface area contributed by atoms with Crippen molar-refractivity contribution in [2.45, 2.75) is 25.0 Å². The zero-order valence-corrected chi connectivity index (χ0v) is 13.9. The molecule has 9 heteroatoms. The Hall–Kier alpha value is -2.45. The zero-order valence-electron chi connectivity index (χ0n) is 13.1. The maximum atomic E-state index is 12.6. The van der Waals surface area contributed by atoms with E-state index in [0.717, 1.165) is 18.0 Å². The summed E-state index contributed by atoms with van der Waals surface area (Å²) in [7, 11) is 0. The Bertz CT molecular complexity index is 777. The molecule has 4 rings (SSSR count). The summed E-state index contributed by atoms with van der Waals surface area (Å²) in [4.78, 5) is 49.3. The van der Waals surface area contributed by atoms with Gasteiger partial charge in [0.2, 0.25) is 11.8 Å².